The number of hydrogen-bond donors (Lipinski definition) is 2. The highest BCUT2D eigenvalue weighted by Crippen LogP contribution is 2.52. The molecule has 0 amide bonds. The molecule has 1 aliphatic rings. The molecule has 172 valence electrons. The predicted molar refractivity (Wildman–Crippen MR) is 119 cm³/mol. The average Bonchev–Trinajstić information content (AvgIpc) is 3.54. The van der Waals surface area contributed by atoms with E-state index in [0.717, 1.165) is 13.0 Å². The summed E-state index contributed by atoms with van der Waals surface area (Å²) in [6.45, 7) is 11.7. The number of halogens is 4. The third-order valence-electron chi connectivity index (χ3n) is 5.92. The number of aliphatic hydroxyl groups is 1. The minimum Gasteiger partial charge on any atom is -0.387 e. The van der Waals surface area contributed by atoms with Crippen LogP contribution in [0.15, 0.2) is 24.3 Å². The van der Waals surface area contributed by atoms with Crippen molar-refractivity contribution in [3.63, 3.8) is 0 Å². The molecule has 0 bridgehead atoms. The van der Waals surface area contributed by atoms with Gasteiger partial charge in [0.2, 0.25) is 0 Å². The Labute approximate surface area is 193 Å². The van der Waals surface area contributed by atoms with E-state index >= 15 is 4.39 Å². The summed E-state index contributed by atoms with van der Waals surface area (Å²) in [6.07, 6.45) is -0.708. The molecule has 0 aliphatic heterocycles. The topological polar surface area (TPSA) is 75.3 Å². The maximum Gasteiger partial charge on any atom is 0.301 e. The number of fused-ring (bicyclic) bond motifs is 1. The molecule has 3 aromatic rings. The summed E-state index contributed by atoms with van der Waals surface area (Å²) in [4.78, 5) is 16.8. The summed E-state index contributed by atoms with van der Waals surface area (Å²) >= 11 is 6.34. The number of aromatic nitrogens is 3. The van der Waals surface area contributed by atoms with Crippen molar-refractivity contribution in [2.45, 2.75) is 57.2 Å². The molecule has 2 aromatic heterocycles. The number of benzene rings is 1. The molecule has 2 atom stereocenters. The summed E-state index contributed by atoms with van der Waals surface area (Å²) < 4.78 is 43.7. The molecule has 1 fully saturated rings. The molecule has 4 rings (SSSR count). The van der Waals surface area contributed by atoms with Gasteiger partial charge in [0.05, 0.1) is 22.6 Å². The Morgan fingerprint density at radius 3 is 2.55 bits per heavy atom. The van der Waals surface area contributed by atoms with Gasteiger partial charge in [-0.1, -0.05) is 23.7 Å². The van der Waals surface area contributed by atoms with E-state index in [4.69, 9.17) is 18.2 Å². The fourth-order valence-corrected chi connectivity index (χ4v) is 4.10. The fraction of sp³-hybridized carbons (Fsp3) is 0.391. The quantitative estimate of drug-likeness (QED) is 0.354. The van der Waals surface area contributed by atoms with Crippen LogP contribution >= 0.6 is 11.6 Å². The lowest BCUT2D eigenvalue weighted by Gasteiger charge is -2.23. The van der Waals surface area contributed by atoms with Gasteiger partial charge in [-0.05, 0) is 32.9 Å². The van der Waals surface area contributed by atoms with Crippen LogP contribution in [-0.2, 0) is 11.5 Å². The zero-order chi connectivity index (χ0) is 24.1. The molecule has 10 heteroatoms. The molecule has 0 unspecified atom stereocenters. The number of rotatable bonds is 6. The zero-order valence-electron chi connectivity index (χ0n) is 18.1. The van der Waals surface area contributed by atoms with E-state index in [-0.39, 0.29) is 10.7 Å². The van der Waals surface area contributed by atoms with Gasteiger partial charge in [-0.2, -0.15) is 8.78 Å². The molecular weight excluding hydrogens is 455 g/mol. The van der Waals surface area contributed by atoms with Crippen LogP contribution in [0.4, 0.5) is 19.0 Å². The molecular formula is C23H21ClF3N5O. The summed E-state index contributed by atoms with van der Waals surface area (Å²) in [5, 5.41) is 13.2. The van der Waals surface area contributed by atoms with E-state index in [1.807, 2.05) is 0 Å². The monoisotopic (exact) mass is 475 g/mol. The average molecular weight is 476 g/mol. The molecule has 1 saturated carbocycles. The maximum absolute atomic E-state index is 15.1. The number of hydrogen-bond acceptors (Lipinski definition) is 5. The van der Waals surface area contributed by atoms with Crippen molar-refractivity contribution >= 4 is 28.5 Å². The fourth-order valence-electron chi connectivity index (χ4n) is 3.79. The summed E-state index contributed by atoms with van der Waals surface area (Å²) in [5.41, 5.74) is -0.713. The van der Waals surface area contributed by atoms with Crippen molar-refractivity contribution in [1.82, 2.24) is 15.0 Å². The molecule has 0 saturated heterocycles. The minimum atomic E-state index is -3.74. The van der Waals surface area contributed by atoms with E-state index in [2.05, 4.69) is 25.1 Å². The molecule has 2 heterocycles. The molecule has 0 radical (unpaired) electrons. The minimum absolute atomic E-state index is 0.0146. The second kappa shape index (κ2) is 8.12. The van der Waals surface area contributed by atoms with Crippen molar-refractivity contribution < 1.29 is 18.3 Å². The number of aliphatic hydroxyl groups excluding tert-OH is 1. The van der Waals surface area contributed by atoms with Gasteiger partial charge in [-0.25, -0.2) is 25.9 Å². The van der Waals surface area contributed by atoms with Crippen molar-refractivity contribution in [3.8, 4) is 0 Å². The highest BCUT2D eigenvalue weighted by Gasteiger charge is 2.54. The van der Waals surface area contributed by atoms with Crippen molar-refractivity contribution in [2.24, 2.45) is 0 Å². The number of pyridine rings is 1. The number of nitrogens with zero attached hydrogens (tertiary/aromatic N) is 4. The number of nitrogens with one attached hydrogen (secondary N) is 1. The normalized spacial score (nSPS) is 16.8. The van der Waals surface area contributed by atoms with Gasteiger partial charge in [0.25, 0.3) is 5.54 Å². The summed E-state index contributed by atoms with van der Waals surface area (Å²) in [6, 6.07) is 4.63. The molecule has 1 aromatic carbocycles. The molecule has 6 nitrogen and oxygen atoms in total. The lowest BCUT2D eigenvalue weighted by atomic mass is 9.97. The number of anilines is 1. The first kappa shape index (κ1) is 23.2. The number of alkyl halides is 2. The lowest BCUT2D eigenvalue weighted by Crippen LogP contribution is -2.29. The second-order valence-corrected chi connectivity index (χ2v) is 8.69. The third kappa shape index (κ3) is 3.98. The van der Waals surface area contributed by atoms with Gasteiger partial charge < -0.3 is 15.3 Å². The highest BCUT2D eigenvalue weighted by atomic mass is 35.5. The summed E-state index contributed by atoms with van der Waals surface area (Å²) in [7, 11) is 0. The van der Waals surface area contributed by atoms with Crippen LogP contribution in [0.25, 0.3) is 15.9 Å². The smallest absolute Gasteiger partial charge is 0.301 e. The summed E-state index contributed by atoms with van der Waals surface area (Å²) in [5.74, 6) is -4.14. The van der Waals surface area contributed by atoms with E-state index in [1.165, 1.54) is 12.1 Å². The Bertz CT molecular complexity index is 1290. The van der Waals surface area contributed by atoms with Crippen molar-refractivity contribution in [1.29, 1.82) is 0 Å². The van der Waals surface area contributed by atoms with Crippen LogP contribution in [0.2, 0.25) is 5.15 Å². The third-order valence-corrected chi connectivity index (χ3v) is 6.21. The zero-order valence-corrected chi connectivity index (χ0v) is 18.9. The van der Waals surface area contributed by atoms with Crippen molar-refractivity contribution in [3.05, 3.63) is 69.2 Å². The van der Waals surface area contributed by atoms with Gasteiger partial charge in [-0.3, -0.25) is 0 Å². The molecule has 33 heavy (non-hydrogen) atoms. The Hall–Kier alpha value is -2.96. The molecule has 1 aliphatic carbocycles. The van der Waals surface area contributed by atoms with Crippen LogP contribution in [-0.4, -0.2) is 26.2 Å². The first-order valence-electron chi connectivity index (χ1n) is 10.4. The number of aryl methyl sites for hydroxylation is 1. The van der Waals surface area contributed by atoms with Crippen LogP contribution in [0.1, 0.15) is 55.2 Å². The maximum atomic E-state index is 15.1. The van der Waals surface area contributed by atoms with Gasteiger partial charge in [-0.15, -0.1) is 0 Å². The standard InChI is InChI=1S/C23H21ClF3N5O/c1-11(14-6-5-7-16(18(14)25)23(26,27)12(2)33)29-20-15-10-17(22(28-4)8-9-22)19(24)32-21(15)31-13(3)30-20/h5-7,10-12,33H,8-9H2,1-3H3,(H,29,30,31,32)/t11-,12+/m1/s1. The lowest BCUT2D eigenvalue weighted by molar-refractivity contribution is -0.108. The molecule has 0 spiro atoms. The van der Waals surface area contributed by atoms with E-state index in [0.29, 0.717) is 41.1 Å². The van der Waals surface area contributed by atoms with Crippen LogP contribution in [0.5, 0.6) is 0 Å². The second-order valence-electron chi connectivity index (χ2n) is 8.33. The largest absolute Gasteiger partial charge is 0.387 e. The van der Waals surface area contributed by atoms with E-state index in [9.17, 15) is 13.9 Å². The molecule has 2 N–H and O–H groups in total. The Morgan fingerprint density at radius 2 is 1.94 bits per heavy atom. The Morgan fingerprint density at radius 1 is 1.24 bits per heavy atom. The Kier molecular flexibility index (Phi) is 5.71. The van der Waals surface area contributed by atoms with Gasteiger partial charge in [0.15, 0.2) is 5.65 Å². The highest BCUT2D eigenvalue weighted by molar-refractivity contribution is 6.30. The van der Waals surface area contributed by atoms with Gasteiger partial charge in [0.1, 0.15) is 28.7 Å². The first-order chi connectivity index (χ1) is 15.5. The van der Waals surface area contributed by atoms with E-state index in [1.54, 1.807) is 19.9 Å². The van der Waals surface area contributed by atoms with Crippen LogP contribution < -0.4 is 5.32 Å². The van der Waals surface area contributed by atoms with E-state index < -0.39 is 35.0 Å². The van der Waals surface area contributed by atoms with Crippen LogP contribution in [0.3, 0.4) is 0 Å². The van der Waals surface area contributed by atoms with Gasteiger partial charge in [0, 0.05) is 18.4 Å². The van der Waals surface area contributed by atoms with Crippen molar-refractivity contribution in [2.75, 3.05) is 5.32 Å². The van der Waals surface area contributed by atoms with Gasteiger partial charge >= 0.3 is 5.92 Å². The first-order valence-corrected chi connectivity index (χ1v) is 10.7. The SMILES string of the molecule is [C-]#[N+]C1(c2cc3c(N[C@H](C)c4cccc(C(F)(F)[C@H](C)O)c4F)nc(C)nc3nc2Cl)CC1. The van der Waals surface area contributed by atoms with Crippen LogP contribution in [0, 0.1) is 19.3 Å². The predicted octanol–water partition coefficient (Wildman–Crippen LogP) is 5.68. The Balaban J connectivity index is 1.77.